The van der Waals surface area contributed by atoms with Gasteiger partial charge in [-0.05, 0) is 44.2 Å². The third-order valence-corrected chi connectivity index (χ3v) is 4.96. The van der Waals surface area contributed by atoms with E-state index in [-0.39, 0.29) is 12.6 Å². The standard InChI is InChI=1S/C18H25NO3/c20-18(22-16-8-2-1-3-9-16)14-21-13-15-7-6-12-19-11-5-4-10-17(15)19/h1-3,8-9,15,17H,4-7,10-14H2/p+1/t15-,17+/m1/s1. The molecule has 3 rings (SSSR count). The van der Waals surface area contributed by atoms with E-state index in [1.54, 1.807) is 17.0 Å². The summed E-state index contributed by atoms with van der Waals surface area (Å²) in [6.07, 6.45) is 6.55. The lowest BCUT2D eigenvalue weighted by Gasteiger charge is -2.41. The maximum Gasteiger partial charge on any atom is 0.337 e. The molecule has 1 aromatic rings. The summed E-state index contributed by atoms with van der Waals surface area (Å²) in [5.74, 6) is 0.875. The number of fused-ring (bicyclic) bond motifs is 1. The summed E-state index contributed by atoms with van der Waals surface area (Å²) in [4.78, 5) is 13.5. The molecule has 22 heavy (non-hydrogen) atoms. The van der Waals surface area contributed by atoms with Gasteiger partial charge in [0.25, 0.3) is 0 Å². The second-order valence-corrected chi connectivity index (χ2v) is 6.47. The minimum Gasteiger partial charge on any atom is -0.425 e. The molecule has 2 aliphatic heterocycles. The average molecular weight is 304 g/mol. The maximum absolute atomic E-state index is 11.8. The molecule has 0 spiro atoms. The summed E-state index contributed by atoms with van der Waals surface area (Å²) in [6.45, 7) is 3.37. The summed E-state index contributed by atoms with van der Waals surface area (Å²) in [5.41, 5.74) is 0. The van der Waals surface area contributed by atoms with Gasteiger partial charge in [0.15, 0.2) is 0 Å². The van der Waals surface area contributed by atoms with Crippen molar-refractivity contribution in [2.24, 2.45) is 5.92 Å². The van der Waals surface area contributed by atoms with Crippen molar-refractivity contribution in [3.8, 4) is 5.75 Å². The molecule has 1 unspecified atom stereocenters. The predicted octanol–water partition coefficient (Wildman–Crippen LogP) is 1.46. The first-order valence-electron chi connectivity index (χ1n) is 8.51. The van der Waals surface area contributed by atoms with Crippen molar-refractivity contribution in [1.29, 1.82) is 0 Å². The van der Waals surface area contributed by atoms with Gasteiger partial charge >= 0.3 is 5.97 Å². The number of hydrogen-bond acceptors (Lipinski definition) is 3. The van der Waals surface area contributed by atoms with Crippen LogP contribution in [0.2, 0.25) is 0 Å². The molecule has 1 N–H and O–H groups in total. The van der Waals surface area contributed by atoms with E-state index in [1.807, 2.05) is 18.2 Å². The molecule has 0 saturated carbocycles. The van der Waals surface area contributed by atoms with Gasteiger partial charge in [-0.25, -0.2) is 4.79 Å². The van der Waals surface area contributed by atoms with Crippen LogP contribution in [0, 0.1) is 5.92 Å². The Labute approximate surface area is 132 Å². The van der Waals surface area contributed by atoms with Crippen LogP contribution < -0.4 is 9.64 Å². The maximum atomic E-state index is 11.8. The van der Waals surface area contributed by atoms with E-state index in [1.165, 1.54) is 45.2 Å². The second kappa shape index (κ2) is 7.75. The lowest BCUT2D eigenvalue weighted by Crippen LogP contribution is -3.18. The predicted molar refractivity (Wildman–Crippen MR) is 84.0 cm³/mol. The second-order valence-electron chi connectivity index (χ2n) is 6.47. The number of hydrogen-bond donors (Lipinski definition) is 1. The van der Waals surface area contributed by atoms with Crippen molar-refractivity contribution >= 4 is 5.97 Å². The normalized spacial score (nSPS) is 27.9. The molecule has 4 nitrogen and oxygen atoms in total. The minimum absolute atomic E-state index is 0.0491. The highest BCUT2D eigenvalue weighted by molar-refractivity contribution is 5.73. The van der Waals surface area contributed by atoms with E-state index >= 15 is 0 Å². The van der Waals surface area contributed by atoms with Crippen LogP contribution in [0.5, 0.6) is 5.75 Å². The fourth-order valence-electron chi connectivity index (χ4n) is 3.92. The van der Waals surface area contributed by atoms with Gasteiger partial charge in [0.2, 0.25) is 0 Å². The van der Waals surface area contributed by atoms with Gasteiger partial charge in [0, 0.05) is 5.92 Å². The Balaban J connectivity index is 1.41. The number of piperidine rings is 2. The van der Waals surface area contributed by atoms with Crippen molar-refractivity contribution in [2.45, 2.75) is 38.1 Å². The van der Waals surface area contributed by atoms with Crippen molar-refractivity contribution < 1.29 is 19.2 Å². The fourth-order valence-corrected chi connectivity index (χ4v) is 3.92. The van der Waals surface area contributed by atoms with Crippen molar-refractivity contribution in [3.63, 3.8) is 0 Å². The molecule has 3 atom stereocenters. The van der Waals surface area contributed by atoms with Gasteiger partial charge in [-0.2, -0.15) is 0 Å². The molecule has 2 fully saturated rings. The quantitative estimate of drug-likeness (QED) is 0.661. The Morgan fingerprint density at radius 2 is 1.91 bits per heavy atom. The van der Waals surface area contributed by atoms with Crippen molar-refractivity contribution in [2.75, 3.05) is 26.3 Å². The van der Waals surface area contributed by atoms with Crippen molar-refractivity contribution in [3.05, 3.63) is 30.3 Å². The number of nitrogens with one attached hydrogen (secondary N) is 1. The van der Waals surface area contributed by atoms with Crippen LogP contribution in [0.15, 0.2) is 30.3 Å². The van der Waals surface area contributed by atoms with E-state index in [9.17, 15) is 4.79 Å². The molecule has 120 valence electrons. The van der Waals surface area contributed by atoms with Gasteiger partial charge in [-0.1, -0.05) is 18.2 Å². The molecule has 2 aliphatic rings. The van der Waals surface area contributed by atoms with Crippen LogP contribution in [-0.2, 0) is 9.53 Å². The van der Waals surface area contributed by atoms with Crippen molar-refractivity contribution in [1.82, 2.24) is 0 Å². The summed E-state index contributed by atoms with van der Waals surface area (Å²) < 4.78 is 10.9. The Hall–Kier alpha value is -1.39. The molecular formula is C18H26NO3+. The summed E-state index contributed by atoms with van der Waals surface area (Å²) in [7, 11) is 0. The summed E-state index contributed by atoms with van der Waals surface area (Å²) in [6, 6.07) is 9.91. The smallest absolute Gasteiger partial charge is 0.337 e. The third kappa shape index (κ3) is 4.08. The molecule has 0 radical (unpaired) electrons. The van der Waals surface area contributed by atoms with E-state index in [0.29, 0.717) is 18.3 Å². The van der Waals surface area contributed by atoms with Gasteiger partial charge in [0.05, 0.1) is 25.7 Å². The number of rotatable bonds is 5. The van der Waals surface area contributed by atoms with Crippen LogP contribution >= 0.6 is 0 Å². The molecule has 4 heteroatoms. The number of ether oxygens (including phenoxy) is 2. The fraction of sp³-hybridized carbons (Fsp3) is 0.611. The third-order valence-electron chi connectivity index (χ3n) is 4.96. The monoisotopic (exact) mass is 304 g/mol. The lowest BCUT2D eigenvalue weighted by atomic mass is 9.84. The Kier molecular flexibility index (Phi) is 5.46. The van der Waals surface area contributed by atoms with Crippen LogP contribution in [0.3, 0.4) is 0 Å². The number of carbonyl (C=O) groups is 1. The molecule has 2 saturated heterocycles. The average Bonchev–Trinajstić information content (AvgIpc) is 2.56. The Bertz CT molecular complexity index is 474. The highest BCUT2D eigenvalue weighted by Crippen LogP contribution is 2.20. The number of quaternary nitrogens is 1. The number of para-hydroxylation sites is 1. The van der Waals surface area contributed by atoms with E-state index in [2.05, 4.69) is 0 Å². The van der Waals surface area contributed by atoms with Crippen LogP contribution in [-0.4, -0.2) is 38.3 Å². The van der Waals surface area contributed by atoms with Crippen LogP contribution in [0.4, 0.5) is 0 Å². The zero-order chi connectivity index (χ0) is 15.2. The number of benzene rings is 1. The molecular weight excluding hydrogens is 278 g/mol. The summed E-state index contributed by atoms with van der Waals surface area (Å²) in [5, 5.41) is 0. The first-order chi connectivity index (χ1) is 10.8. The molecule has 1 aromatic carbocycles. The Morgan fingerprint density at radius 3 is 2.77 bits per heavy atom. The van der Waals surface area contributed by atoms with Crippen LogP contribution in [0.1, 0.15) is 32.1 Å². The number of esters is 1. The molecule has 0 aromatic heterocycles. The molecule has 0 aliphatic carbocycles. The van der Waals surface area contributed by atoms with E-state index in [0.717, 1.165) is 6.04 Å². The topological polar surface area (TPSA) is 40.0 Å². The minimum atomic E-state index is -0.310. The summed E-state index contributed by atoms with van der Waals surface area (Å²) >= 11 is 0. The first kappa shape index (κ1) is 15.5. The first-order valence-corrected chi connectivity index (χ1v) is 8.51. The number of carbonyl (C=O) groups excluding carboxylic acids is 1. The zero-order valence-corrected chi connectivity index (χ0v) is 13.1. The Morgan fingerprint density at radius 1 is 1.09 bits per heavy atom. The van der Waals surface area contributed by atoms with Gasteiger partial charge < -0.3 is 14.4 Å². The van der Waals surface area contributed by atoms with Gasteiger partial charge in [-0.3, -0.25) is 0 Å². The highest BCUT2D eigenvalue weighted by Gasteiger charge is 2.36. The van der Waals surface area contributed by atoms with Gasteiger partial charge in [0.1, 0.15) is 12.4 Å². The van der Waals surface area contributed by atoms with Gasteiger partial charge in [-0.15, -0.1) is 0 Å². The highest BCUT2D eigenvalue weighted by atomic mass is 16.6. The SMILES string of the molecule is O=C(COC[C@H]1CCC[NH+]2CCCC[C@@H]12)Oc1ccccc1. The molecule has 0 bridgehead atoms. The van der Waals surface area contributed by atoms with E-state index in [4.69, 9.17) is 9.47 Å². The largest absolute Gasteiger partial charge is 0.425 e. The van der Waals surface area contributed by atoms with E-state index < -0.39 is 0 Å². The molecule has 0 amide bonds. The molecule has 2 heterocycles. The zero-order valence-electron chi connectivity index (χ0n) is 13.1. The lowest BCUT2D eigenvalue weighted by molar-refractivity contribution is -0.940. The van der Waals surface area contributed by atoms with Crippen LogP contribution in [0.25, 0.3) is 0 Å².